The summed E-state index contributed by atoms with van der Waals surface area (Å²) in [7, 11) is -2.46. The Bertz CT molecular complexity index is 1170. The zero-order chi connectivity index (χ0) is 23.2. The number of carbonyl (C=O) groups excluding carboxylic acids is 2. The molecule has 2 aromatic carbocycles. The summed E-state index contributed by atoms with van der Waals surface area (Å²) in [6, 6.07) is 10.6. The van der Waals surface area contributed by atoms with Crippen LogP contribution in [0.15, 0.2) is 41.3 Å². The average molecular weight is 456 g/mol. The standard InChI is InChI=1S/C24H29N3O4S/c1-15-9-16(2)11-20(10-15)25-23(28)14-26(4)32(30,31)21-7-8-22-19(13-21)12-17(3)27(22)24(29)18-5-6-18/h7-11,13,17-18H,5-6,12,14H2,1-4H3,(H,25,28)/t17-/m1/s1. The molecule has 4 rings (SSSR count). The Morgan fingerprint density at radius 3 is 2.38 bits per heavy atom. The SMILES string of the molecule is Cc1cc(C)cc(NC(=O)CN(C)S(=O)(=O)c2ccc3c(c2)C[C@@H](C)N3C(=O)C2CC2)c1. The van der Waals surface area contributed by atoms with Crippen LogP contribution in [0.2, 0.25) is 0 Å². The van der Waals surface area contributed by atoms with Gasteiger partial charge in [0.1, 0.15) is 0 Å². The molecule has 7 nitrogen and oxygen atoms in total. The van der Waals surface area contributed by atoms with Gasteiger partial charge in [-0.05, 0) is 87.1 Å². The maximum Gasteiger partial charge on any atom is 0.243 e. The van der Waals surface area contributed by atoms with Crippen molar-refractivity contribution in [2.75, 3.05) is 23.8 Å². The lowest BCUT2D eigenvalue weighted by molar-refractivity contribution is -0.120. The van der Waals surface area contributed by atoms with Gasteiger partial charge < -0.3 is 10.2 Å². The van der Waals surface area contributed by atoms with Crippen molar-refractivity contribution in [3.8, 4) is 0 Å². The fraction of sp³-hybridized carbons (Fsp3) is 0.417. The summed E-state index contributed by atoms with van der Waals surface area (Å²) < 4.78 is 27.3. The first kappa shape index (κ1) is 22.5. The van der Waals surface area contributed by atoms with Crippen molar-refractivity contribution in [3.05, 3.63) is 53.1 Å². The Morgan fingerprint density at radius 1 is 1.09 bits per heavy atom. The molecule has 0 spiro atoms. The fourth-order valence-corrected chi connectivity index (χ4v) is 5.52. The number of fused-ring (bicyclic) bond motifs is 1. The van der Waals surface area contributed by atoms with Crippen molar-refractivity contribution in [2.45, 2.75) is 51.0 Å². The molecule has 1 N–H and O–H groups in total. The molecule has 32 heavy (non-hydrogen) atoms. The predicted molar refractivity (Wildman–Crippen MR) is 124 cm³/mol. The molecule has 0 saturated heterocycles. The highest BCUT2D eigenvalue weighted by Crippen LogP contribution is 2.39. The molecule has 0 unspecified atom stereocenters. The van der Waals surface area contributed by atoms with Crippen LogP contribution in [0.3, 0.4) is 0 Å². The third kappa shape index (κ3) is 4.42. The largest absolute Gasteiger partial charge is 0.325 e. The Morgan fingerprint density at radius 2 is 1.75 bits per heavy atom. The van der Waals surface area contributed by atoms with Crippen LogP contribution < -0.4 is 10.2 Å². The van der Waals surface area contributed by atoms with Crippen LogP contribution in [0.25, 0.3) is 0 Å². The van der Waals surface area contributed by atoms with E-state index in [1.807, 2.05) is 43.9 Å². The minimum absolute atomic E-state index is 0.0114. The van der Waals surface area contributed by atoms with Crippen molar-refractivity contribution in [1.29, 1.82) is 0 Å². The highest BCUT2D eigenvalue weighted by atomic mass is 32.2. The molecule has 0 radical (unpaired) electrons. The molecule has 2 aliphatic rings. The lowest BCUT2D eigenvalue weighted by Gasteiger charge is -2.23. The molecule has 0 aromatic heterocycles. The number of carbonyl (C=O) groups is 2. The zero-order valence-corrected chi connectivity index (χ0v) is 19.7. The minimum atomic E-state index is -3.85. The smallest absolute Gasteiger partial charge is 0.243 e. The highest BCUT2D eigenvalue weighted by molar-refractivity contribution is 7.89. The van der Waals surface area contributed by atoms with E-state index in [2.05, 4.69) is 5.32 Å². The van der Waals surface area contributed by atoms with Gasteiger partial charge in [0, 0.05) is 30.4 Å². The second kappa shape index (κ2) is 8.33. The predicted octanol–water partition coefficient (Wildman–Crippen LogP) is 3.25. The molecule has 170 valence electrons. The summed E-state index contributed by atoms with van der Waals surface area (Å²) in [5, 5.41) is 2.77. The number of benzene rings is 2. The van der Waals surface area contributed by atoms with E-state index in [0.717, 1.165) is 39.5 Å². The zero-order valence-electron chi connectivity index (χ0n) is 18.9. The van der Waals surface area contributed by atoms with Crippen LogP contribution in [0.5, 0.6) is 0 Å². The summed E-state index contributed by atoms with van der Waals surface area (Å²) in [5.74, 6) is -0.169. The van der Waals surface area contributed by atoms with Gasteiger partial charge in [0.25, 0.3) is 0 Å². The van der Waals surface area contributed by atoms with Gasteiger partial charge in [0.2, 0.25) is 21.8 Å². The van der Waals surface area contributed by atoms with Crippen molar-refractivity contribution in [3.63, 3.8) is 0 Å². The molecule has 1 saturated carbocycles. The van der Waals surface area contributed by atoms with Crippen LogP contribution in [-0.4, -0.2) is 44.2 Å². The van der Waals surface area contributed by atoms with Crippen molar-refractivity contribution >= 4 is 33.2 Å². The van der Waals surface area contributed by atoms with E-state index in [-0.39, 0.29) is 29.3 Å². The normalized spacial score (nSPS) is 18.0. The third-order valence-corrected chi connectivity index (χ3v) is 7.81. The summed E-state index contributed by atoms with van der Waals surface area (Å²) in [5.41, 5.74) is 4.32. The average Bonchev–Trinajstić information content (AvgIpc) is 3.48. The van der Waals surface area contributed by atoms with E-state index in [1.54, 1.807) is 12.1 Å². The second-order valence-corrected chi connectivity index (χ2v) is 11.1. The van der Waals surface area contributed by atoms with E-state index in [9.17, 15) is 18.0 Å². The van der Waals surface area contributed by atoms with Crippen LogP contribution in [0.1, 0.15) is 36.5 Å². The van der Waals surface area contributed by atoms with E-state index in [1.165, 1.54) is 13.1 Å². The van der Waals surface area contributed by atoms with E-state index >= 15 is 0 Å². The van der Waals surface area contributed by atoms with Crippen molar-refractivity contribution in [1.82, 2.24) is 4.31 Å². The van der Waals surface area contributed by atoms with Gasteiger partial charge in [-0.15, -0.1) is 0 Å². The molecule has 1 atom stereocenters. The summed E-state index contributed by atoms with van der Waals surface area (Å²) >= 11 is 0. The number of sulfonamides is 1. The van der Waals surface area contributed by atoms with E-state index in [4.69, 9.17) is 0 Å². The fourth-order valence-electron chi connectivity index (χ4n) is 4.35. The van der Waals surface area contributed by atoms with Crippen molar-refractivity contribution in [2.24, 2.45) is 5.92 Å². The Kier molecular flexibility index (Phi) is 5.85. The lowest BCUT2D eigenvalue weighted by Crippen LogP contribution is -2.36. The lowest BCUT2D eigenvalue weighted by atomic mass is 10.1. The number of anilines is 2. The molecule has 1 aliphatic carbocycles. The van der Waals surface area contributed by atoms with Gasteiger partial charge in [0.15, 0.2) is 0 Å². The number of hydrogen-bond donors (Lipinski definition) is 1. The monoisotopic (exact) mass is 455 g/mol. The number of hydrogen-bond acceptors (Lipinski definition) is 4. The van der Waals surface area contributed by atoms with E-state index < -0.39 is 15.9 Å². The molecule has 8 heteroatoms. The highest BCUT2D eigenvalue weighted by Gasteiger charge is 2.40. The Labute approximate surface area is 189 Å². The van der Waals surface area contributed by atoms with Gasteiger partial charge >= 0.3 is 0 Å². The van der Waals surface area contributed by atoms with Gasteiger partial charge in [-0.25, -0.2) is 8.42 Å². The second-order valence-electron chi connectivity index (χ2n) is 9.01. The summed E-state index contributed by atoms with van der Waals surface area (Å²) in [4.78, 5) is 27.1. The van der Waals surface area contributed by atoms with Gasteiger partial charge in [-0.1, -0.05) is 6.07 Å². The minimum Gasteiger partial charge on any atom is -0.325 e. The number of amides is 2. The number of nitrogens with one attached hydrogen (secondary N) is 1. The molecular weight excluding hydrogens is 426 g/mol. The van der Waals surface area contributed by atoms with Gasteiger partial charge in [-0.3, -0.25) is 9.59 Å². The molecular formula is C24H29N3O4S. The molecule has 1 heterocycles. The number of rotatable bonds is 6. The van der Waals surface area contributed by atoms with E-state index in [0.29, 0.717) is 12.1 Å². The summed E-state index contributed by atoms with van der Waals surface area (Å²) in [6.07, 6.45) is 2.48. The van der Waals surface area contributed by atoms with Crippen LogP contribution in [-0.2, 0) is 26.0 Å². The van der Waals surface area contributed by atoms with Crippen LogP contribution in [0, 0.1) is 19.8 Å². The molecule has 1 fully saturated rings. The van der Waals surface area contributed by atoms with Crippen LogP contribution >= 0.6 is 0 Å². The Hall–Kier alpha value is -2.71. The maximum atomic E-state index is 13.1. The topological polar surface area (TPSA) is 86.8 Å². The third-order valence-electron chi connectivity index (χ3n) is 6.01. The molecule has 0 bridgehead atoms. The number of aryl methyl sites for hydroxylation is 2. The quantitative estimate of drug-likeness (QED) is 0.724. The maximum absolute atomic E-state index is 13.1. The number of likely N-dealkylation sites (N-methyl/N-ethyl adjacent to an activating group) is 1. The molecule has 2 amide bonds. The first-order valence-corrected chi connectivity index (χ1v) is 12.3. The van der Waals surface area contributed by atoms with Crippen molar-refractivity contribution < 1.29 is 18.0 Å². The van der Waals surface area contributed by atoms with Crippen LogP contribution in [0.4, 0.5) is 11.4 Å². The van der Waals surface area contributed by atoms with Gasteiger partial charge in [-0.2, -0.15) is 4.31 Å². The molecule has 1 aliphatic heterocycles. The molecule has 2 aromatic rings. The summed E-state index contributed by atoms with van der Waals surface area (Å²) in [6.45, 7) is 5.56. The number of nitrogens with zero attached hydrogens (tertiary/aromatic N) is 2. The Balaban J connectivity index is 1.49. The van der Waals surface area contributed by atoms with Gasteiger partial charge in [0.05, 0.1) is 11.4 Å². The first-order valence-electron chi connectivity index (χ1n) is 10.9. The first-order chi connectivity index (χ1) is 15.1.